The number of carbonyl (C=O) groups excluding carboxylic acids is 1. The van der Waals surface area contributed by atoms with E-state index in [2.05, 4.69) is 25.2 Å². The number of aliphatic carboxylic acids is 2. The molecule has 0 fully saturated rings. The van der Waals surface area contributed by atoms with Gasteiger partial charge in [0.05, 0.1) is 17.4 Å². The number of benzene rings is 1. The van der Waals surface area contributed by atoms with Crippen LogP contribution >= 0.6 is 11.3 Å². The lowest BCUT2D eigenvalue weighted by atomic mass is 9.74. The minimum Gasteiger partial charge on any atom is -0.491 e. The molecule has 204 valence electrons. The van der Waals surface area contributed by atoms with Crippen molar-refractivity contribution in [1.29, 1.82) is 0 Å². The van der Waals surface area contributed by atoms with Crippen molar-refractivity contribution in [3.05, 3.63) is 50.7 Å². The van der Waals surface area contributed by atoms with E-state index in [-0.39, 0.29) is 17.4 Å². The quantitative estimate of drug-likeness (QED) is 0.304. The monoisotopic (exact) mass is 533 g/mol. The fourth-order valence-electron chi connectivity index (χ4n) is 4.22. The highest BCUT2D eigenvalue weighted by Gasteiger charge is 2.35. The average Bonchev–Trinajstić information content (AvgIpc) is 3.20. The molecule has 0 aliphatic heterocycles. The van der Waals surface area contributed by atoms with Gasteiger partial charge in [-0.15, -0.1) is 11.3 Å². The third-order valence-corrected chi connectivity index (χ3v) is 8.35. The number of amides is 1. The maximum Gasteiger partial charge on any atom is 0.326 e. The van der Waals surface area contributed by atoms with Gasteiger partial charge in [-0.05, 0) is 60.9 Å². The number of rotatable bonds is 12. The van der Waals surface area contributed by atoms with Crippen LogP contribution in [0.4, 0.5) is 0 Å². The number of aliphatic hydroxyl groups excluding tert-OH is 1. The number of aryl methyl sites for hydroxylation is 2. The average molecular weight is 534 g/mol. The third-order valence-electron chi connectivity index (χ3n) is 6.91. The molecule has 8 nitrogen and oxygen atoms in total. The van der Waals surface area contributed by atoms with Gasteiger partial charge in [0, 0.05) is 10.3 Å². The van der Waals surface area contributed by atoms with E-state index in [0.29, 0.717) is 16.2 Å². The number of hydrogen-bond acceptors (Lipinski definition) is 6. The topological polar surface area (TPSA) is 133 Å². The van der Waals surface area contributed by atoms with Gasteiger partial charge in [0.25, 0.3) is 5.91 Å². The van der Waals surface area contributed by atoms with Crippen molar-refractivity contribution in [3.63, 3.8) is 0 Å². The van der Waals surface area contributed by atoms with Crippen LogP contribution in [-0.2, 0) is 15.0 Å². The van der Waals surface area contributed by atoms with Crippen LogP contribution in [0.25, 0.3) is 0 Å². The second-order valence-corrected chi connectivity index (χ2v) is 11.6. The Kier molecular flexibility index (Phi) is 9.91. The van der Waals surface area contributed by atoms with Crippen LogP contribution in [0.3, 0.4) is 0 Å². The Morgan fingerprint density at radius 1 is 1.03 bits per heavy atom. The molecular formula is C28H39NO7S. The van der Waals surface area contributed by atoms with Gasteiger partial charge in [-0.2, -0.15) is 0 Å². The van der Waals surface area contributed by atoms with E-state index in [9.17, 15) is 24.6 Å². The van der Waals surface area contributed by atoms with Crippen LogP contribution in [0.2, 0.25) is 0 Å². The molecule has 0 saturated heterocycles. The highest BCUT2D eigenvalue weighted by atomic mass is 32.1. The van der Waals surface area contributed by atoms with Crippen molar-refractivity contribution in [2.75, 3.05) is 6.61 Å². The summed E-state index contributed by atoms with van der Waals surface area (Å²) in [6.45, 7) is 14.0. The Balaban J connectivity index is 2.37. The van der Waals surface area contributed by atoms with E-state index in [1.165, 1.54) is 11.3 Å². The van der Waals surface area contributed by atoms with E-state index < -0.39 is 36.4 Å². The predicted octanol–water partition coefficient (Wildman–Crippen LogP) is 4.91. The lowest BCUT2D eigenvalue weighted by Gasteiger charge is -2.32. The number of nitrogens with one attached hydrogen (secondary N) is 1. The molecule has 0 radical (unpaired) electrons. The fourth-order valence-corrected chi connectivity index (χ4v) is 5.65. The van der Waals surface area contributed by atoms with Crippen molar-refractivity contribution in [3.8, 4) is 5.75 Å². The first-order chi connectivity index (χ1) is 17.2. The normalized spacial score (nSPS) is 13.6. The Labute approximate surface area is 222 Å². The van der Waals surface area contributed by atoms with Gasteiger partial charge in [-0.1, -0.05) is 46.8 Å². The minimum atomic E-state index is -1.51. The van der Waals surface area contributed by atoms with Gasteiger partial charge in [0.15, 0.2) is 0 Å². The molecule has 4 N–H and O–H groups in total. The first kappa shape index (κ1) is 30.3. The van der Waals surface area contributed by atoms with E-state index in [4.69, 9.17) is 9.84 Å². The smallest absolute Gasteiger partial charge is 0.326 e. The first-order valence-corrected chi connectivity index (χ1v) is 13.3. The maximum absolute atomic E-state index is 12.9. The largest absolute Gasteiger partial charge is 0.491 e. The molecule has 2 unspecified atom stereocenters. The molecule has 2 atom stereocenters. The fraction of sp³-hybridized carbons (Fsp3) is 0.536. The first-order valence-electron chi connectivity index (χ1n) is 12.4. The lowest BCUT2D eigenvalue weighted by molar-refractivity contribution is -0.145. The number of carboxylic acids is 2. The summed E-state index contributed by atoms with van der Waals surface area (Å²) in [5.74, 6) is -2.59. The SMILES string of the molecule is CCC(CC)(c1ccc(OCC(O)C(C)(C)C)c(C)c1)c1cc(C)c(C(=O)NC(CC(=O)O)C(=O)O)s1. The summed E-state index contributed by atoms with van der Waals surface area (Å²) in [5, 5.41) is 31.0. The molecular weight excluding hydrogens is 494 g/mol. The number of carbonyl (C=O) groups is 3. The molecule has 2 aromatic rings. The Morgan fingerprint density at radius 3 is 2.14 bits per heavy atom. The molecule has 0 saturated carbocycles. The van der Waals surface area contributed by atoms with E-state index in [1.54, 1.807) is 6.92 Å². The maximum atomic E-state index is 12.9. The third kappa shape index (κ3) is 7.11. The second-order valence-electron chi connectivity index (χ2n) is 10.5. The summed E-state index contributed by atoms with van der Waals surface area (Å²) in [6, 6.07) is 6.45. The van der Waals surface area contributed by atoms with Crippen LogP contribution in [0.15, 0.2) is 24.3 Å². The van der Waals surface area contributed by atoms with Crippen molar-refractivity contribution in [2.24, 2.45) is 5.41 Å². The molecule has 1 heterocycles. The summed E-state index contributed by atoms with van der Waals surface area (Å²) in [7, 11) is 0. The second kappa shape index (κ2) is 12.1. The number of thiophene rings is 1. The molecule has 1 amide bonds. The highest BCUT2D eigenvalue weighted by molar-refractivity contribution is 7.14. The van der Waals surface area contributed by atoms with Gasteiger partial charge in [0.2, 0.25) is 0 Å². The number of hydrogen-bond donors (Lipinski definition) is 4. The molecule has 0 bridgehead atoms. The van der Waals surface area contributed by atoms with Crippen LogP contribution in [0.1, 0.15) is 85.1 Å². The summed E-state index contributed by atoms with van der Waals surface area (Å²) in [5.41, 5.74) is 2.05. The number of ether oxygens (including phenoxy) is 1. The van der Waals surface area contributed by atoms with Crippen molar-refractivity contribution in [2.45, 2.75) is 85.3 Å². The zero-order chi connectivity index (χ0) is 28.1. The van der Waals surface area contributed by atoms with Crippen molar-refractivity contribution in [1.82, 2.24) is 5.32 Å². The van der Waals surface area contributed by atoms with Gasteiger partial charge in [-0.25, -0.2) is 4.79 Å². The Hall–Kier alpha value is -2.91. The number of aliphatic hydroxyl groups is 1. The van der Waals surface area contributed by atoms with E-state index in [0.717, 1.165) is 28.8 Å². The van der Waals surface area contributed by atoms with Crippen LogP contribution in [-0.4, -0.2) is 51.9 Å². The van der Waals surface area contributed by atoms with Gasteiger partial charge in [-0.3, -0.25) is 9.59 Å². The molecule has 1 aromatic carbocycles. The summed E-state index contributed by atoms with van der Waals surface area (Å²) >= 11 is 1.30. The van der Waals surface area contributed by atoms with E-state index >= 15 is 0 Å². The zero-order valence-corrected chi connectivity index (χ0v) is 23.5. The molecule has 2 rings (SSSR count). The molecule has 0 aliphatic carbocycles. The highest BCUT2D eigenvalue weighted by Crippen LogP contribution is 2.44. The summed E-state index contributed by atoms with van der Waals surface area (Å²) in [6.07, 6.45) is 0.229. The summed E-state index contributed by atoms with van der Waals surface area (Å²) < 4.78 is 5.91. The lowest BCUT2D eigenvalue weighted by Crippen LogP contribution is -2.42. The minimum absolute atomic E-state index is 0.193. The Morgan fingerprint density at radius 2 is 1.65 bits per heavy atom. The molecule has 37 heavy (non-hydrogen) atoms. The van der Waals surface area contributed by atoms with Gasteiger partial charge < -0.3 is 25.4 Å². The predicted molar refractivity (Wildman–Crippen MR) is 144 cm³/mol. The number of carboxylic acid groups (broad SMARTS) is 2. The standard InChI is InChI=1S/C28H39NO7S/c1-8-28(9-2,18-10-11-20(16(3)12-18)36-15-21(30)27(5,6)7)22-13-17(4)24(37-22)25(33)29-19(26(34)35)14-23(31)32/h10-13,19,21,30H,8-9,14-15H2,1-7H3,(H,29,33)(H,31,32)(H,34,35). The molecule has 0 aliphatic rings. The van der Waals surface area contributed by atoms with E-state index in [1.807, 2.05) is 45.9 Å². The molecule has 9 heteroatoms. The zero-order valence-electron chi connectivity index (χ0n) is 22.7. The van der Waals surface area contributed by atoms with Crippen LogP contribution in [0, 0.1) is 19.3 Å². The summed E-state index contributed by atoms with van der Waals surface area (Å²) in [4.78, 5) is 36.7. The molecule has 0 spiro atoms. The van der Waals surface area contributed by atoms with Crippen LogP contribution in [0.5, 0.6) is 5.75 Å². The Bertz CT molecular complexity index is 1130. The van der Waals surface area contributed by atoms with Gasteiger partial charge in [0.1, 0.15) is 18.4 Å². The van der Waals surface area contributed by atoms with Crippen LogP contribution < -0.4 is 10.1 Å². The van der Waals surface area contributed by atoms with Crippen molar-refractivity contribution >= 4 is 29.2 Å². The molecule has 1 aromatic heterocycles. The van der Waals surface area contributed by atoms with Gasteiger partial charge >= 0.3 is 11.9 Å². The van der Waals surface area contributed by atoms with Crippen molar-refractivity contribution < 1.29 is 34.4 Å².